The Hall–Kier alpha value is -1.47. The van der Waals surface area contributed by atoms with Gasteiger partial charge in [0.05, 0.1) is 0 Å². The standard InChI is InChI=1S/C12H8ClO/c13-11-6-4-9(5-7-11)10-2-1-3-12(14)8-10/h1-2,4-8,14H. The summed E-state index contributed by atoms with van der Waals surface area (Å²) in [6.07, 6.45) is 0. The third kappa shape index (κ3) is 1.88. The molecule has 2 rings (SSSR count). The molecule has 14 heavy (non-hydrogen) atoms. The van der Waals surface area contributed by atoms with Crippen LogP contribution in [0.4, 0.5) is 0 Å². The van der Waals surface area contributed by atoms with Crippen molar-refractivity contribution in [2.45, 2.75) is 0 Å². The van der Waals surface area contributed by atoms with E-state index in [4.69, 9.17) is 11.6 Å². The van der Waals surface area contributed by atoms with Crippen LogP contribution < -0.4 is 0 Å². The molecule has 0 aliphatic carbocycles. The van der Waals surface area contributed by atoms with Gasteiger partial charge < -0.3 is 5.11 Å². The van der Waals surface area contributed by atoms with Gasteiger partial charge in [-0.05, 0) is 35.4 Å². The van der Waals surface area contributed by atoms with Gasteiger partial charge in [0.15, 0.2) is 0 Å². The summed E-state index contributed by atoms with van der Waals surface area (Å²) in [5.74, 6) is 0.150. The zero-order chi connectivity index (χ0) is 9.97. The monoisotopic (exact) mass is 203 g/mol. The van der Waals surface area contributed by atoms with Crippen LogP contribution in [0.25, 0.3) is 11.1 Å². The average molecular weight is 204 g/mol. The number of hydrogen-bond donors (Lipinski definition) is 1. The van der Waals surface area contributed by atoms with E-state index in [0.717, 1.165) is 11.1 Å². The van der Waals surface area contributed by atoms with E-state index in [1.54, 1.807) is 12.1 Å². The Morgan fingerprint density at radius 1 is 1.00 bits per heavy atom. The summed E-state index contributed by atoms with van der Waals surface area (Å²) in [7, 11) is 0. The molecule has 0 amide bonds. The van der Waals surface area contributed by atoms with Crippen LogP contribution in [-0.4, -0.2) is 5.11 Å². The molecule has 2 aromatic rings. The van der Waals surface area contributed by atoms with Crippen molar-refractivity contribution in [2.24, 2.45) is 0 Å². The third-order valence-corrected chi connectivity index (χ3v) is 2.22. The van der Waals surface area contributed by atoms with E-state index in [0.29, 0.717) is 5.02 Å². The largest absolute Gasteiger partial charge is 0.507 e. The normalized spacial score (nSPS) is 10.1. The number of hydrogen-bond acceptors (Lipinski definition) is 1. The van der Waals surface area contributed by atoms with Crippen LogP contribution >= 0.6 is 11.6 Å². The second kappa shape index (κ2) is 3.72. The number of rotatable bonds is 1. The molecule has 69 valence electrons. The summed E-state index contributed by atoms with van der Waals surface area (Å²) in [5, 5.41) is 9.96. The molecular formula is C12H8ClO. The highest BCUT2D eigenvalue weighted by Gasteiger charge is 1.98. The number of halogens is 1. The highest BCUT2D eigenvalue weighted by molar-refractivity contribution is 6.30. The smallest absolute Gasteiger partial charge is 0.124 e. The zero-order valence-electron chi connectivity index (χ0n) is 7.37. The summed E-state index contributed by atoms with van der Waals surface area (Å²) >= 11 is 5.77. The molecule has 0 aliphatic rings. The van der Waals surface area contributed by atoms with Crippen LogP contribution in [0.1, 0.15) is 0 Å². The van der Waals surface area contributed by atoms with Crippen molar-refractivity contribution in [2.75, 3.05) is 0 Å². The van der Waals surface area contributed by atoms with E-state index < -0.39 is 0 Å². The SMILES string of the molecule is Oc1[c]ccc(-c2ccc(Cl)cc2)c1. The van der Waals surface area contributed by atoms with Crippen LogP contribution in [0, 0.1) is 6.07 Å². The minimum Gasteiger partial charge on any atom is -0.507 e. The lowest BCUT2D eigenvalue weighted by Crippen LogP contribution is -1.76. The molecule has 0 aliphatic heterocycles. The lowest BCUT2D eigenvalue weighted by atomic mass is 10.1. The van der Waals surface area contributed by atoms with E-state index in [-0.39, 0.29) is 5.75 Å². The molecule has 0 saturated carbocycles. The first-order chi connectivity index (χ1) is 6.75. The Kier molecular flexibility index (Phi) is 2.42. The fraction of sp³-hybridized carbons (Fsp3) is 0. The van der Waals surface area contributed by atoms with Crippen LogP contribution in [0.3, 0.4) is 0 Å². The van der Waals surface area contributed by atoms with Crippen molar-refractivity contribution in [3.05, 3.63) is 53.6 Å². The quantitative estimate of drug-likeness (QED) is 0.752. The van der Waals surface area contributed by atoms with Gasteiger partial charge in [0, 0.05) is 11.1 Å². The number of aromatic hydroxyl groups is 1. The number of benzene rings is 2. The Labute approximate surface area is 87.6 Å². The topological polar surface area (TPSA) is 20.2 Å². The fourth-order valence-corrected chi connectivity index (χ4v) is 1.40. The maximum Gasteiger partial charge on any atom is 0.124 e. The first-order valence-corrected chi connectivity index (χ1v) is 4.60. The van der Waals surface area contributed by atoms with Gasteiger partial charge in [-0.1, -0.05) is 29.8 Å². The van der Waals surface area contributed by atoms with Crippen molar-refractivity contribution in [1.29, 1.82) is 0 Å². The van der Waals surface area contributed by atoms with E-state index >= 15 is 0 Å². The van der Waals surface area contributed by atoms with Crippen molar-refractivity contribution < 1.29 is 5.11 Å². The van der Waals surface area contributed by atoms with Crippen molar-refractivity contribution in [1.82, 2.24) is 0 Å². The fourth-order valence-electron chi connectivity index (χ4n) is 1.28. The van der Waals surface area contributed by atoms with Gasteiger partial charge in [-0.3, -0.25) is 0 Å². The van der Waals surface area contributed by atoms with Crippen molar-refractivity contribution in [3.63, 3.8) is 0 Å². The molecule has 0 spiro atoms. The van der Waals surface area contributed by atoms with E-state index in [9.17, 15) is 5.11 Å². The van der Waals surface area contributed by atoms with Gasteiger partial charge in [-0.15, -0.1) is 0 Å². The van der Waals surface area contributed by atoms with Gasteiger partial charge in [0.1, 0.15) is 5.75 Å². The summed E-state index contributed by atoms with van der Waals surface area (Å²) in [4.78, 5) is 0. The van der Waals surface area contributed by atoms with E-state index in [2.05, 4.69) is 6.07 Å². The summed E-state index contributed by atoms with van der Waals surface area (Å²) in [5.41, 5.74) is 1.98. The molecule has 0 atom stereocenters. The highest BCUT2D eigenvalue weighted by Crippen LogP contribution is 2.23. The highest BCUT2D eigenvalue weighted by atomic mass is 35.5. The molecule has 0 unspecified atom stereocenters. The molecule has 2 aromatic carbocycles. The second-order valence-electron chi connectivity index (χ2n) is 2.97. The minimum absolute atomic E-state index is 0.150. The number of phenolic OH excluding ortho intramolecular Hbond substituents is 1. The first kappa shape index (κ1) is 9.10. The van der Waals surface area contributed by atoms with Crippen molar-refractivity contribution in [3.8, 4) is 16.9 Å². The van der Waals surface area contributed by atoms with E-state index in [1.807, 2.05) is 30.3 Å². The molecule has 1 N–H and O–H groups in total. The zero-order valence-corrected chi connectivity index (χ0v) is 8.12. The van der Waals surface area contributed by atoms with Gasteiger partial charge in [0.25, 0.3) is 0 Å². The first-order valence-electron chi connectivity index (χ1n) is 4.22. The Morgan fingerprint density at radius 3 is 2.36 bits per heavy atom. The second-order valence-corrected chi connectivity index (χ2v) is 3.41. The maximum atomic E-state index is 9.25. The molecule has 0 heterocycles. The Morgan fingerprint density at radius 2 is 1.71 bits per heavy atom. The van der Waals surface area contributed by atoms with Gasteiger partial charge >= 0.3 is 0 Å². The van der Waals surface area contributed by atoms with Crippen LogP contribution in [-0.2, 0) is 0 Å². The van der Waals surface area contributed by atoms with Gasteiger partial charge in [0.2, 0.25) is 0 Å². The predicted octanol–water partition coefficient (Wildman–Crippen LogP) is 3.51. The molecule has 2 heteroatoms. The molecule has 0 saturated heterocycles. The van der Waals surface area contributed by atoms with E-state index in [1.165, 1.54) is 0 Å². The van der Waals surface area contributed by atoms with Crippen molar-refractivity contribution >= 4 is 11.6 Å². The average Bonchev–Trinajstić information content (AvgIpc) is 2.19. The summed E-state index contributed by atoms with van der Waals surface area (Å²) < 4.78 is 0. The molecule has 0 aromatic heterocycles. The maximum absolute atomic E-state index is 9.25. The molecule has 1 nitrogen and oxygen atoms in total. The Balaban J connectivity index is 2.44. The van der Waals surface area contributed by atoms with Crippen LogP contribution in [0.5, 0.6) is 5.75 Å². The van der Waals surface area contributed by atoms with Crippen LogP contribution in [0.2, 0.25) is 5.02 Å². The van der Waals surface area contributed by atoms with Gasteiger partial charge in [-0.2, -0.15) is 0 Å². The molecule has 0 fully saturated rings. The Bertz CT molecular complexity index is 434. The molecule has 0 bridgehead atoms. The van der Waals surface area contributed by atoms with Gasteiger partial charge in [-0.25, -0.2) is 0 Å². The molecule has 1 radical (unpaired) electrons. The lowest BCUT2D eigenvalue weighted by Gasteiger charge is -2.01. The predicted molar refractivity (Wildman–Crippen MR) is 57.4 cm³/mol. The minimum atomic E-state index is 0.150. The summed E-state index contributed by atoms with van der Waals surface area (Å²) in [6.45, 7) is 0. The third-order valence-electron chi connectivity index (χ3n) is 1.96. The van der Waals surface area contributed by atoms with Crippen LogP contribution in [0.15, 0.2) is 42.5 Å². The summed E-state index contributed by atoms with van der Waals surface area (Å²) in [6, 6.07) is 15.4. The number of phenols is 1. The molecular weight excluding hydrogens is 196 g/mol. The lowest BCUT2D eigenvalue weighted by molar-refractivity contribution is 0.474.